The molecule has 1 atom stereocenters. The summed E-state index contributed by atoms with van der Waals surface area (Å²) >= 11 is 3.23. The molecular formula is C21H30BrFN4O. The Labute approximate surface area is 174 Å². The SMILES string of the molecule is CCCC(c1nc2cc(Br)c(F)cc2c(=O)n1CC)N1CCCN(CC)CC1. The zero-order valence-electron chi connectivity index (χ0n) is 17.0. The van der Waals surface area contributed by atoms with Crippen LogP contribution in [0.4, 0.5) is 4.39 Å². The smallest absolute Gasteiger partial charge is 0.261 e. The summed E-state index contributed by atoms with van der Waals surface area (Å²) in [6.45, 7) is 12.1. The maximum absolute atomic E-state index is 14.0. The van der Waals surface area contributed by atoms with Crippen LogP contribution >= 0.6 is 15.9 Å². The first-order valence-corrected chi connectivity index (χ1v) is 11.1. The van der Waals surface area contributed by atoms with E-state index in [1.807, 2.05) is 6.92 Å². The van der Waals surface area contributed by atoms with Crippen LogP contribution < -0.4 is 5.56 Å². The van der Waals surface area contributed by atoms with Gasteiger partial charge in [-0.3, -0.25) is 14.3 Å². The lowest BCUT2D eigenvalue weighted by Gasteiger charge is -2.31. The number of aromatic nitrogens is 2. The van der Waals surface area contributed by atoms with Crippen molar-refractivity contribution in [2.45, 2.75) is 52.6 Å². The highest BCUT2D eigenvalue weighted by Gasteiger charge is 2.27. The third kappa shape index (κ3) is 4.31. The molecule has 2 heterocycles. The third-order valence-corrected chi connectivity index (χ3v) is 6.32. The highest BCUT2D eigenvalue weighted by atomic mass is 79.9. The Morgan fingerprint density at radius 3 is 2.61 bits per heavy atom. The molecule has 0 spiro atoms. The second kappa shape index (κ2) is 9.46. The zero-order valence-corrected chi connectivity index (χ0v) is 18.6. The summed E-state index contributed by atoms with van der Waals surface area (Å²) in [5, 5.41) is 0.342. The molecule has 2 aromatic rings. The van der Waals surface area contributed by atoms with Crippen molar-refractivity contribution in [2.75, 3.05) is 32.7 Å². The van der Waals surface area contributed by atoms with Crippen molar-refractivity contribution in [3.05, 3.63) is 38.6 Å². The van der Waals surface area contributed by atoms with E-state index in [9.17, 15) is 9.18 Å². The average Bonchev–Trinajstić information content (AvgIpc) is 2.93. The van der Waals surface area contributed by atoms with E-state index >= 15 is 0 Å². The van der Waals surface area contributed by atoms with Gasteiger partial charge in [-0.05, 0) is 60.9 Å². The highest BCUT2D eigenvalue weighted by molar-refractivity contribution is 9.10. The number of benzene rings is 1. The standard InChI is InChI=1S/C21H30BrFN4O/c1-4-8-19(26-10-7-9-25(5-2)11-12-26)20-24-18-14-16(22)17(23)13-15(18)21(28)27(20)6-3/h13-14,19H,4-12H2,1-3H3. The van der Waals surface area contributed by atoms with Gasteiger partial charge in [0.2, 0.25) is 0 Å². The van der Waals surface area contributed by atoms with Crippen LogP contribution in [0, 0.1) is 5.82 Å². The van der Waals surface area contributed by atoms with Gasteiger partial charge in [0, 0.05) is 26.2 Å². The third-order valence-electron chi connectivity index (χ3n) is 5.71. The zero-order chi connectivity index (χ0) is 20.3. The van der Waals surface area contributed by atoms with Gasteiger partial charge in [0.15, 0.2) is 0 Å². The van der Waals surface area contributed by atoms with Gasteiger partial charge < -0.3 is 4.90 Å². The number of halogens is 2. The molecule has 1 aliphatic rings. The first kappa shape index (κ1) is 21.4. The molecule has 28 heavy (non-hydrogen) atoms. The maximum atomic E-state index is 14.0. The van der Waals surface area contributed by atoms with E-state index in [2.05, 4.69) is 39.6 Å². The van der Waals surface area contributed by atoms with Crippen LogP contribution in [0.3, 0.4) is 0 Å². The summed E-state index contributed by atoms with van der Waals surface area (Å²) in [6.07, 6.45) is 3.09. The van der Waals surface area contributed by atoms with E-state index in [4.69, 9.17) is 4.98 Å². The Bertz CT molecular complexity index is 885. The highest BCUT2D eigenvalue weighted by Crippen LogP contribution is 2.28. The number of rotatable bonds is 6. The molecule has 1 fully saturated rings. The van der Waals surface area contributed by atoms with Gasteiger partial charge >= 0.3 is 0 Å². The predicted molar refractivity (Wildman–Crippen MR) is 115 cm³/mol. The van der Waals surface area contributed by atoms with Gasteiger partial charge in [0.25, 0.3) is 5.56 Å². The summed E-state index contributed by atoms with van der Waals surface area (Å²) in [5.74, 6) is 0.379. The fourth-order valence-corrected chi connectivity index (χ4v) is 4.49. The minimum absolute atomic E-state index is 0.0997. The first-order valence-electron chi connectivity index (χ1n) is 10.4. The van der Waals surface area contributed by atoms with Crippen molar-refractivity contribution in [3.8, 4) is 0 Å². The quantitative estimate of drug-likeness (QED) is 0.658. The van der Waals surface area contributed by atoms with E-state index in [0.717, 1.165) is 57.8 Å². The van der Waals surface area contributed by atoms with Crippen LogP contribution in [0.2, 0.25) is 0 Å². The summed E-state index contributed by atoms with van der Waals surface area (Å²) in [5.41, 5.74) is 0.407. The molecule has 0 aliphatic carbocycles. The van der Waals surface area contributed by atoms with Crippen molar-refractivity contribution in [2.24, 2.45) is 0 Å². The van der Waals surface area contributed by atoms with Crippen LogP contribution in [0.15, 0.2) is 21.4 Å². The fraction of sp³-hybridized carbons (Fsp3) is 0.619. The van der Waals surface area contributed by atoms with E-state index < -0.39 is 5.82 Å². The van der Waals surface area contributed by atoms with E-state index in [0.29, 0.717) is 21.9 Å². The second-order valence-corrected chi connectivity index (χ2v) is 8.29. The van der Waals surface area contributed by atoms with E-state index in [-0.39, 0.29) is 11.6 Å². The topological polar surface area (TPSA) is 41.4 Å². The number of hydrogen-bond acceptors (Lipinski definition) is 4. The predicted octanol–water partition coefficient (Wildman–Crippen LogP) is 4.19. The van der Waals surface area contributed by atoms with Gasteiger partial charge in [-0.2, -0.15) is 0 Å². The fourth-order valence-electron chi connectivity index (χ4n) is 4.16. The molecule has 0 bridgehead atoms. The number of hydrogen-bond donors (Lipinski definition) is 0. The molecule has 0 N–H and O–H groups in total. The molecule has 3 rings (SSSR count). The largest absolute Gasteiger partial charge is 0.302 e. The van der Waals surface area contributed by atoms with E-state index in [1.165, 1.54) is 6.07 Å². The molecule has 0 radical (unpaired) electrons. The number of nitrogens with zero attached hydrogens (tertiary/aromatic N) is 4. The Balaban J connectivity index is 2.09. The molecule has 0 saturated carbocycles. The normalized spacial score (nSPS) is 17.8. The van der Waals surface area contributed by atoms with Crippen LogP contribution in [-0.2, 0) is 6.54 Å². The van der Waals surface area contributed by atoms with Crippen molar-refractivity contribution >= 4 is 26.8 Å². The summed E-state index contributed by atoms with van der Waals surface area (Å²) in [4.78, 5) is 23.0. The number of likely N-dealkylation sites (N-methyl/N-ethyl adjacent to an activating group) is 1. The summed E-state index contributed by atoms with van der Waals surface area (Å²) in [7, 11) is 0. The maximum Gasteiger partial charge on any atom is 0.261 e. The van der Waals surface area contributed by atoms with Crippen LogP contribution in [-0.4, -0.2) is 52.1 Å². The van der Waals surface area contributed by atoms with Gasteiger partial charge in [-0.25, -0.2) is 9.37 Å². The van der Waals surface area contributed by atoms with Gasteiger partial charge in [-0.1, -0.05) is 20.3 Å². The minimum Gasteiger partial charge on any atom is -0.302 e. The van der Waals surface area contributed by atoms with Gasteiger partial charge in [0.1, 0.15) is 11.6 Å². The molecule has 1 aromatic carbocycles. The lowest BCUT2D eigenvalue weighted by atomic mass is 10.1. The lowest BCUT2D eigenvalue weighted by Crippen LogP contribution is -2.37. The molecule has 1 unspecified atom stereocenters. The van der Waals surface area contributed by atoms with Crippen LogP contribution in [0.5, 0.6) is 0 Å². The summed E-state index contributed by atoms with van der Waals surface area (Å²) in [6, 6.07) is 3.02. The Kier molecular flexibility index (Phi) is 7.23. The molecule has 1 saturated heterocycles. The molecule has 1 aromatic heterocycles. The Morgan fingerprint density at radius 1 is 1.14 bits per heavy atom. The van der Waals surface area contributed by atoms with Crippen molar-refractivity contribution in [1.82, 2.24) is 19.4 Å². The van der Waals surface area contributed by atoms with Gasteiger partial charge in [-0.15, -0.1) is 0 Å². The van der Waals surface area contributed by atoms with E-state index in [1.54, 1.807) is 10.6 Å². The molecule has 0 amide bonds. The Hall–Kier alpha value is -1.31. The minimum atomic E-state index is -0.431. The molecular weight excluding hydrogens is 423 g/mol. The molecule has 154 valence electrons. The number of fused-ring (bicyclic) bond motifs is 1. The first-order chi connectivity index (χ1) is 13.5. The lowest BCUT2D eigenvalue weighted by molar-refractivity contribution is 0.177. The van der Waals surface area contributed by atoms with Crippen molar-refractivity contribution in [1.29, 1.82) is 0 Å². The average molecular weight is 453 g/mol. The van der Waals surface area contributed by atoms with Crippen molar-refractivity contribution < 1.29 is 4.39 Å². The van der Waals surface area contributed by atoms with Crippen molar-refractivity contribution in [3.63, 3.8) is 0 Å². The summed E-state index contributed by atoms with van der Waals surface area (Å²) < 4.78 is 16.1. The van der Waals surface area contributed by atoms with Crippen LogP contribution in [0.25, 0.3) is 10.9 Å². The molecule has 1 aliphatic heterocycles. The monoisotopic (exact) mass is 452 g/mol. The molecule has 7 heteroatoms. The molecule has 5 nitrogen and oxygen atoms in total. The van der Waals surface area contributed by atoms with Gasteiger partial charge in [0.05, 0.1) is 21.4 Å². The van der Waals surface area contributed by atoms with Crippen LogP contribution in [0.1, 0.15) is 51.9 Å². The second-order valence-electron chi connectivity index (χ2n) is 7.43. The Morgan fingerprint density at radius 2 is 1.93 bits per heavy atom.